The van der Waals surface area contributed by atoms with Crippen molar-refractivity contribution < 1.29 is 9.72 Å². The van der Waals surface area contributed by atoms with Gasteiger partial charge >= 0.3 is 0 Å². The van der Waals surface area contributed by atoms with Crippen LogP contribution >= 0.6 is 11.6 Å². The summed E-state index contributed by atoms with van der Waals surface area (Å²) in [6.45, 7) is 0. The third-order valence-corrected chi connectivity index (χ3v) is 4.10. The SMILES string of the molecule is N#C/C(=C\c1ccc(Cl)c([N+](=O)[O-])c1)C(=O)NC1CCCCC1. The van der Waals surface area contributed by atoms with Crippen LogP contribution in [0.25, 0.3) is 6.08 Å². The fraction of sp³-hybridized carbons (Fsp3) is 0.375. The van der Waals surface area contributed by atoms with Gasteiger partial charge in [0.2, 0.25) is 0 Å². The molecule has 0 radical (unpaired) electrons. The Balaban J connectivity index is 2.17. The van der Waals surface area contributed by atoms with Crippen molar-refractivity contribution in [2.45, 2.75) is 38.1 Å². The maximum absolute atomic E-state index is 12.2. The van der Waals surface area contributed by atoms with Crippen molar-refractivity contribution in [2.75, 3.05) is 0 Å². The second kappa shape index (κ2) is 7.75. The highest BCUT2D eigenvalue weighted by Crippen LogP contribution is 2.26. The van der Waals surface area contributed by atoms with E-state index in [4.69, 9.17) is 11.6 Å². The van der Waals surface area contributed by atoms with E-state index in [-0.39, 0.29) is 22.3 Å². The summed E-state index contributed by atoms with van der Waals surface area (Å²) >= 11 is 5.75. The Bertz CT molecular complexity index is 688. The summed E-state index contributed by atoms with van der Waals surface area (Å²) in [6, 6.07) is 6.09. The molecule has 0 bridgehead atoms. The lowest BCUT2D eigenvalue weighted by atomic mass is 9.95. The predicted molar refractivity (Wildman–Crippen MR) is 86.7 cm³/mol. The molecule has 0 heterocycles. The third kappa shape index (κ3) is 4.54. The molecule has 1 N–H and O–H groups in total. The molecule has 23 heavy (non-hydrogen) atoms. The van der Waals surface area contributed by atoms with Crippen molar-refractivity contribution >= 4 is 29.3 Å². The monoisotopic (exact) mass is 333 g/mol. The van der Waals surface area contributed by atoms with Gasteiger partial charge in [0.05, 0.1) is 4.92 Å². The zero-order valence-electron chi connectivity index (χ0n) is 12.4. The minimum absolute atomic E-state index is 0.0114. The number of carbonyl (C=O) groups is 1. The normalized spacial score (nSPS) is 15.7. The molecule has 7 heteroatoms. The van der Waals surface area contributed by atoms with E-state index >= 15 is 0 Å². The Kier molecular flexibility index (Phi) is 5.72. The number of carbonyl (C=O) groups excluding carboxylic acids is 1. The summed E-state index contributed by atoms with van der Waals surface area (Å²) in [4.78, 5) is 22.4. The van der Waals surface area contributed by atoms with Crippen molar-refractivity contribution in [1.29, 1.82) is 5.26 Å². The molecule has 1 aliphatic carbocycles. The fourth-order valence-corrected chi connectivity index (χ4v) is 2.77. The maximum atomic E-state index is 12.2. The molecule has 0 atom stereocenters. The van der Waals surface area contributed by atoms with Crippen LogP contribution in [0.4, 0.5) is 5.69 Å². The summed E-state index contributed by atoms with van der Waals surface area (Å²) in [5, 5.41) is 22.9. The molecule has 1 amide bonds. The fourth-order valence-electron chi connectivity index (χ4n) is 2.58. The number of hydrogen-bond donors (Lipinski definition) is 1. The van der Waals surface area contributed by atoms with E-state index in [0.29, 0.717) is 5.56 Å². The topological polar surface area (TPSA) is 96.0 Å². The molecule has 6 nitrogen and oxygen atoms in total. The molecule has 1 fully saturated rings. The summed E-state index contributed by atoms with van der Waals surface area (Å²) in [5.41, 5.74) is 0.0500. The van der Waals surface area contributed by atoms with E-state index in [1.54, 1.807) is 0 Å². The Labute approximate surface area is 138 Å². The van der Waals surface area contributed by atoms with Gasteiger partial charge in [0.1, 0.15) is 16.7 Å². The van der Waals surface area contributed by atoms with Gasteiger partial charge in [-0.2, -0.15) is 5.26 Å². The van der Waals surface area contributed by atoms with Gasteiger partial charge in [-0.15, -0.1) is 0 Å². The number of nitro benzene ring substituents is 1. The summed E-state index contributed by atoms with van der Waals surface area (Å²) in [5.74, 6) is -0.447. The molecule has 0 aromatic heterocycles. The largest absolute Gasteiger partial charge is 0.349 e. The van der Waals surface area contributed by atoms with Crippen molar-refractivity contribution in [1.82, 2.24) is 5.32 Å². The van der Waals surface area contributed by atoms with Gasteiger partial charge in [0, 0.05) is 12.1 Å². The van der Waals surface area contributed by atoms with Gasteiger partial charge < -0.3 is 5.32 Å². The molecule has 120 valence electrons. The highest BCUT2D eigenvalue weighted by molar-refractivity contribution is 6.32. The van der Waals surface area contributed by atoms with Gasteiger partial charge in [-0.3, -0.25) is 14.9 Å². The van der Waals surface area contributed by atoms with E-state index < -0.39 is 10.8 Å². The zero-order valence-corrected chi connectivity index (χ0v) is 13.2. The lowest BCUT2D eigenvalue weighted by molar-refractivity contribution is -0.384. The van der Waals surface area contributed by atoms with Crippen LogP contribution in [0.2, 0.25) is 5.02 Å². The van der Waals surface area contributed by atoms with Crippen molar-refractivity contribution in [3.05, 3.63) is 44.5 Å². The zero-order chi connectivity index (χ0) is 16.8. The van der Waals surface area contributed by atoms with Gasteiger partial charge in [0.25, 0.3) is 11.6 Å². The first-order valence-corrected chi connectivity index (χ1v) is 7.75. The Morgan fingerprint density at radius 1 is 1.39 bits per heavy atom. The highest BCUT2D eigenvalue weighted by Gasteiger charge is 2.18. The summed E-state index contributed by atoms with van der Waals surface area (Å²) < 4.78 is 0. The number of rotatable bonds is 4. The van der Waals surface area contributed by atoms with E-state index in [0.717, 1.165) is 25.7 Å². The maximum Gasteiger partial charge on any atom is 0.288 e. The number of benzene rings is 1. The first-order valence-electron chi connectivity index (χ1n) is 7.38. The quantitative estimate of drug-likeness (QED) is 0.394. The molecule has 0 unspecified atom stereocenters. The first-order chi connectivity index (χ1) is 11.0. The molecule has 1 aliphatic rings. The Morgan fingerprint density at radius 3 is 2.70 bits per heavy atom. The highest BCUT2D eigenvalue weighted by atomic mass is 35.5. The van der Waals surface area contributed by atoms with Crippen LogP contribution in [-0.2, 0) is 4.79 Å². The van der Waals surface area contributed by atoms with Crippen LogP contribution in [0.3, 0.4) is 0 Å². The minimum atomic E-state index is -0.603. The average Bonchev–Trinajstić information content (AvgIpc) is 2.54. The Hall–Kier alpha value is -2.39. The average molecular weight is 334 g/mol. The lowest BCUT2D eigenvalue weighted by Crippen LogP contribution is -2.36. The minimum Gasteiger partial charge on any atom is -0.349 e. The second-order valence-corrected chi connectivity index (χ2v) is 5.85. The number of nitriles is 1. The van der Waals surface area contributed by atoms with Gasteiger partial charge in [0.15, 0.2) is 0 Å². The second-order valence-electron chi connectivity index (χ2n) is 5.45. The van der Waals surface area contributed by atoms with Crippen LogP contribution < -0.4 is 5.32 Å². The molecule has 1 saturated carbocycles. The summed E-state index contributed by atoms with van der Waals surface area (Å²) in [6.07, 6.45) is 6.47. The number of amides is 1. The molecular weight excluding hydrogens is 318 g/mol. The van der Waals surface area contributed by atoms with Crippen LogP contribution in [-0.4, -0.2) is 16.9 Å². The molecule has 1 aromatic carbocycles. The molecule has 0 aliphatic heterocycles. The van der Waals surface area contributed by atoms with Crippen molar-refractivity contribution in [3.63, 3.8) is 0 Å². The standard InChI is InChI=1S/C16H16ClN3O3/c17-14-7-6-11(9-15(14)20(22)23)8-12(10-18)16(21)19-13-4-2-1-3-5-13/h6-9,13H,1-5H2,(H,19,21)/b12-8+. The van der Waals surface area contributed by atoms with Gasteiger partial charge in [-0.25, -0.2) is 0 Å². The van der Waals surface area contributed by atoms with Crippen LogP contribution in [0.15, 0.2) is 23.8 Å². The molecule has 1 aromatic rings. The van der Waals surface area contributed by atoms with Crippen LogP contribution in [0.1, 0.15) is 37.7 Å². The van der Waals surface area contributed by atoms with Crippen LogP contribution in [0, 0.1) is 21.4 Å². The number of hydrogen-bond acceptors (Lipinski definition) is 4. The predicted octanol–water partition coefficient (Wildman–Crippen LogP) is 3.60. The number of nitro groups is 1. The van der Waals surface area contributed by atoms with Gasteiger partial charge in [-0.05, 0) is 30.5 Å². The first kappa shape index (κ1) is 17.0. The van der Waals surface area contributed by atoms with E-state index in [9.17, 15) is 20.2 Å². The van der Waals surface area contributed by atoms with Gasteiger partial charge in [-0.1, -0.05) is 36.9 Å². The molecule has 0 spiro atoms. The molecule has 0 saturated heterocycles. The van der Waals surface area contributed by atoms with E-state index in [1.165, 1.54) is 30.7 Å². The summed E-state index contributed by atoms with van der Waals surface area (Å²) in [7, 11) is 0. The lowest BCUT2D eigenvalue weighted by Gasteiger charge is -2.22. The molecule has 2 rings (SSSR count). The van der Waals surface area contributed by atoms with Crippen molar-refractivity contribution in [2.24, 2.45) is 0 Å². The smallest absolute Gasteiger partial charge is 0.288 e. The third-order valence-electron chi connectivity index (χ3n) is 3.78. The number of halogens is 1. The number of nitrogens with zero attached hydrogens (tertiary/aromatic N) is 2. The van der Waals surface area contributed by atoms with Crippen molar-refractivity contribution in [3.8, 4) is 6.07 Å². The van der Waals surface area contributed by atoms with Crippen LogP contribution in [0.5, 0.6) is 0 Å². The molecular formula is C16H16ClN3O3. The Morgan fingerprint density at radius 2 is 2.09 bits per heavy atom. The van der Waals surface area contributed by atoms with E-state index in [2.05, 4.69) is 5.32 Å². The van der Waals surface area contributed by atoms with E-state index in [1.807, 2.05) is 6.07 Å². The number of nitrogens with one attached hydrogen (secondary N) is 1.